The number of benzene rings is 3. The Morgan fingerprint density at radius 3 is 2.63 bits per heavy atom. The molecule has 1 atom stereocenters. The van der Waals surface area contributed by atoms with Crippen molar-refractivity contribution in [1.29, 1.82) is 0 Å². The molecule has 1 aromatic heterocycles. The molecule has 6 nitrogen and oxygen atoms in total. The minimum atomic E-state index is -0.273. The highest BCUT2D eigenvalue weighted by atomic mass is 35.5. The maximum atomic E-state index is 13.4. The summed E-state index contributed by atoms with van der Waals surface area (Å²) in [6.07, 6.45) is 0.479. The summed E-state index contributed by atoms with van der Waals surface area (Å²) in [5, 5.41) is 4.79. The molecule has 2 amide bonds. The summed E-state index contributed by atoms with van der Waals surface area (Å²) < 4.78 is 2.08. The van der Waals surface area contributed by atoms with Crippen molar-refractivity contribution < 1.29 is 9.59 Å². The highest BCUT2D eigenvalue weighted by molar-refractivity contribution is 6.31. The molecular formula is C28H25ClN4O2. The van der Waals surface area contributed by atoms with Gasteiger partial charge in [-0.15, -0.1) is 0 Å². The molecule has 4 aromatic rings. The Hall–Kier alpha value is -3.77. The van der Waals surface area contributed by atoms with Crippen molar-refractivity contribution >= 4 is 40.0 Å². The van der Waals surface area contributed by atoms with Crippen molar-refractivity contribution in [1.82, 2.24) is 14.8 Å². The molecule has 6 rings (SSSR count). The van der Waals surface area contributed by atoms with E-state index in [2.05, 4.69) is 26.9 Å². The molecule has 2 aliphatic rings. The fraction of sp³-hybridized carbons (Fsp3) is 0.214. The van der Waals surface area contributed by atoms with Crippen LogP contribution in [0.4, 0.5) is 5.69 Å². The van der Waals surface area contributed by atoms with Gasteiger partial charge < -0.3 is 19.7 Å². The molecule has 176 valence electrons. The molecule has 0 saturated heterocycles. The van der Waals surface area contributed by atoms with Crippen LogP contribution in [-0.4, -0.2) is 34.9 Å². The summed E-state index contributed by atoms with van der Waals surface area (Å²) in [5.74, 6) is -0.0647. The number of nitrogens with zero attached hydrogens (tertiary/aromatic N) is 3. The SMILES string of the molecule is CN1c2ccccc2C(=O)N2CCc3c(n(CC(=O)NCc4ccccc4Cl)c4ccccc34)C21. The number of para-hydroxylation sites is 2. The van der Waals surface area contributed by atoms with E-state index < -0.39 is 0 Å². The fourth-order valence-corrected chi connectivity index (χ4v) is 5.72. The second-order valence-corrected chi connectivity index (χ2v) is 9.49. The molecule has 0 saturated carbocycles. The molecule has 0 spiro atoms. The maximum Gasteiger partial charge on any atom is 0.257 e. The average molecular weight is 485 g/mol. The molecule has 3 aromatic carbocycles. The third-order valence-corrected chi connectivity index (χ3v) is 7.51. The van der Waals surface area contributed by atoms with Gasteiger partial charge in [-0.2, -0.15) is 0 Å². The first-order valence-corrected chi connectivity index (χ1v) is 12.2. The molecule has 1 unspecified atom stereocenters. The number of nitrogens with one attached hydrogen (secondary N) is 1. The normalized spacial score (nSPS) is 16.6. The summed E-state index contributed by atoms with van der Waals surface area (Å²) >= 11 is 6.27. The van der Waals surface area contributed by atoms with Crippen LogP contribution in [0.2, 0.25) is 5.02 Å². The lowest BCUT2D eigenvalue weighted by Gasteiger charge is -2.46. The number of carbonyl (C=O) groups is 2. The summed E-state index contributed by atoms with van der Waals surface area (Å²) in [5.41, 5.74) is 5.73. The zero-order valence-electron chi connectivity index (χ0n) is 19.4. The largest absolute Gasteiger partial charge is 0.350 e. The van der Waals surface area contributed by atoms with E-state index in [9.17, 15) is 9.59 Å². The first-order valence-electron chi connectivity index (χ1n) is 11.8. The second-order valence-electron chi connectivity index (χ2n) is 9.09. The van der Waals surface area contributed by atoms with Crippen LogP contribution < -0.4 is 10.2 Å². The zero-order chi connectivity index (χ0) is 24.1. The quantitative estimate of drug-likeness (QED) is 0.454. The number of rotatable bonds is 4. The van der Waals surface area contributed by atoms with Gasteiger partial charge in [-0.3, -0.25) is 9.59 Å². The number of anilines is 1. The standard InChI is InChI=1S/C28H25ClN4O2/c1-31-23-12-6-4-10-21(23)28(35)32-15-14-20-19-9-3-7-13-24(19)33(26(20)27(31)32)17-25(34)30-16-18-8-2-5-11-22(18)29/h2-13,27H,14-17H2,1H3,(H,30,34). The Bertz CT molecular complexity index is 1480. The van der Waals surface area contributed by atoms with E-state index in [0.717, 1.165) is 39.8 Å². The van der Waals surface area contributed by atoms with E-state index >= 15 is 0 Å². The van der Waals surface area contributed by atoms with Gasteiger partial charge in [-0.05, 0) is 41.8 Å². The van der Waals surface area contributed by atoms with E-state index in [-0.39, 0.29) is 24.5 Å². The van der Waals surface area contributed by atoms with Crippen LogP contribution in [0, 0.1) is 0 Å². The minimum absolute atomic E-state index is 0.0364. The van der Waals surface area contributed by atoms with Crippen molar-refractivity contribution in [3.05, 3.63) is 100 Å². The predicted octanol–water partition coefficient (Wildman–Crippen LogP) is 4.76. The first kappa shape index (κ1) is 21.7. The molecule has 0 bridgehead atoms. The number of fused-ring (bicyclic) bond motifs is 6. The fourth-order valence-electron chi connectivity index (χ4n) is 5.51. The third-order valence-electron chi connectivity index (χ3n) is 7.14. The van der Waals surface area contributed by atoms with Crippen molar-refractivity contribution in [3.63, 3.8) is 0 Å². The van der Waals surface area contributed by atoms with Crippen LogP contribution in [0.25, 0.3) is 10.9 Å². The summed E-state index contributed by atoms with van der Waals surface area (Å²) in [6.45, 7) is 1.16. The lowest BCUT2D eigenvalue weighted by molar-refractivity contribution is -0.121. The van der Waals surface area contributed by atoms with Gasteiger partial charge in [-0.25, -0.2) is 0 Å². The zero-order valence-corrected chi connectivity index (χ0v) is 20.1. The number of carbonyl (C=O) groups excluding carboxylic acids is 2. The van der Waals surface area contributed by atoms with Gasteiger partial charge in [0.15, 0.2) is 0 Å². The smallest absolute Gasteiger partial charge is 0.257 e. The van der Waals surface area contributed by atoms with E-state index in [4.69, 9.17) is 11.6 Å². The van der Waals surface area contributed by atoms with Gasteiger partial charge in [-0.1, -0.05) is 60.1 Å². The molecule has 0 aliphatic carbocycles. The molecule has 7 heteroatoms. The summed E-state index contributed by atoms with van der Waals surface area (Å²) in [4.78, 5) is 30.7. The van der Waals surface area contributed by atoms with Crippen molar-refractivity contribution in [2.75, 3.05) is 18.5 Å². The van der Waals surface area contributed by atoms with E-state index in [1.165, 1.54) is 5.56 Å². The van der Waals surface area contributed by atoms with Gasteiger partial charge >= 0.3 is 0 Å². The summed E-state index contributed by atoms with van der Waals surface area (Å²) in [6, 6.07) is 23.4. The highest BCUT2D eigenvalue weighted by Crippen LogP contribution is 2.44. The van der Waals surface area contributed by atoms with Crippen LogP contribution in [0.5, 0.6) is 0 Å². The second kappa shape index (κ2) is 8.47. The Morgan fingerprint density at radius 1 is 1.03 bits per heavy atom. The van der Waals surface area contributed by atoms with Crippen LogP contribution in [0.1, 0.15) is 33.3 Å². The Kier molecular flexibility index (Phi) is 5.26. The lowest BCUT2D eigenvalue weighted by Crippen LogP contribution is -2.51. The van der Waals surface area contributed by atoms with E-state index in [1.54, 1.807) is 0 Å². The van der Waals surface area contributed by atoms with E-state index in [0.29, 0.717) is 18.1 Å². The van der Waals surface area contributed by atoms with E-state index in [1.807, 2.05) is 72.6 Å². The van der Waals surface area contributed by atoms with Crippen LogP contribution in [0.15, 0.2) is 72.8 Å². The Morgan fingerprint density at radius 2 is 1.77 bits per heavy atom. The van der Waals surface area contributed by atoms with Gasteiger partial charge in [0, 0.05) is 36.1 Å². The first-order chi connectivity index (χ1) is 17.0. The van der Waals surface area contributed by atoms with Crippen LogP contribution in [-0.2, 0) is 24.3 Å². The Labute approximate surface area is 208 Å². The lowest BCUT2D eigenvalue weighted by atomic mass is 9.96. The van der Waals surface area contributed by atoms with Crippen molar-refractivity contribution in [2.24, 2.45) is 0 Å². The van der Waals surface area contributed by atoms with Crippen LogP contribution in [0.3, 0.4) is 0 Å². The van der Waals surface area contributed by atoms with Crippen molar-refractivity contribution in [3.8, 4) is 0 Å². The monoisotopic (exact) mass is 484 g/mol. The predicted molar refractivity (Wildman–Crippen MR) is 138 cm³/mol. The molecule has 3 heterocycles. The average Bonchev–Trinajstić information content (AvgIpc) is 3.20. The van der Waals surface area contributed by atoms with Crippen LogP contribution >= 0.6 is 11.6 Å². The van der Waals surface area contributed by atoms with Gasteiger partial charge in [0.1, 0.15) is 12.7 Å². The molecule has 1 N–H and O–H groups in total. The number of halogens is 1. The number of hydrogen-bond acceptors (Lipinski definition) is 3. The van der Waals surface area contributed by atoms with Crippen molar-refractivity contribution in [2.45, 2.75) is 25.7 Å². The number of hydrogen-bond donors (Lipinski definition) is 1. The molecule has 0 radical (unpaired) electrons. The van der Waals surface area contributed by atoms with Gasteiger partial charge in [0.2, 0.25) is 5.91 Å². The van der Waals surface area contributed by atoms with Gasteiger partial charge in [0.05, 0.1) is 16.9 Å². The molecule has 2 aliphatic heterocycles. The Balaban J connectivity index is 1.40. The van der Waals surface area contributed by atoms with Gasteiger partial charge in [0.25, 0.3) is 5.91 Å². The third kappa shape index (κ3) is 3.48. The number of amides is 2. The maximum absolute atomic E-state index is 13.4. The number of aromatic nitrogens is 1. The summed E-state index contributed by atoms with van der Waals surface area (Å²) in [7, 11) is 2.03. The minimum Gasteiger partial charge on any atom is -0.350 e. The topological polar surface area (TPSA) is 57.6 Å². The molecule has 35 heavy (non-hydrogen) atoms. The highest BCUT2D eigenvalue weighted by Gasteiger charge is 2.42. The molecular weight excluding hydrogens is 460 g/mol. The molecule has 0 fully saturated rings.